The molecule has 0 unspecified atom stereocenters. The molecule has 1 aliphatic carbocycles. The van der Waals surface area contributed by atoms with E-state index in [0.717, 1.165) is 17.3 Å². The van der Waals surface area contributed by atoms with Gasteiger partial charge in [-0.1, -0.05) is 23.7 Å². The van der Waals surface area contributed by atoms with Crippen LogP contribution < -0.4 is 5.32 Å². The fraction of sp³-hybridized carbons (Fsp3) is 0.333. The maximum absolute atomic E-state index is 6.02. The topological polar surface area (TPSA) is 37.8 Å². The van der Waals surface area contributed by atoms with E-state index in [1.165, 1.54) is 18.4 Å². The SMILES string of the molecule is Clc1cccc(C2CC(NCc3cccnn3)C2)c1. The number of hydrogen-bond donors (Lipinski definition) is 1. The van der Waals surface area contributed by atoms with Crippen molar-refractivity contribution >= 4 is 11.6 Å². The van der Waals surface area contributed by atoms with Crippen molar-refractivity contribution in [3.8, 4) is 0 Å². The highest BCUT2D eigenvalue weighted by Crippen LogP contribution is 2.37. The quantitative estimate of drug-likeness (QED) is 0.930. The molecule has 2 aromatic rings. The number of rotatable bonds is 4. The first-order valence-corrected chi connectivity index (χ1v) is 6.94. The van der Waals surface area contributed by atoms with Gasteiger partial charge in [-0.15, -0.1) is 0 Å². The Morgan fingerprint density at radius 3 is 2.84 bits per heavy atom. The third kappa shape index (κ3) is 3.11. The van der Waals surface area contributed by atoms with E-state index in [1.807, 2.05) is 24.3 Å². The smallest absolute Gasteiger partial charge is 0.0769 e. The van der Waals surface area contributed by atoms with E-state index in [1.54, 1.807) is 6.20 Å². The van der Waals surface area contributed by atoms with E-state index in [9.17, 15) is 0 Å². The lowest BCUT2D eigenvalue weighted by molar-refractivity contribution is 0.288. The van der Waals surface area contributed by atoms with Crippen LogP contribution in [0.5, 0.6) is 0 Å². The van der Waals surface area contributed by atoms with Crippen LogP contribution in [0.15, 0.2) is 42.6 Å². The molecule has 1 aliphatic rings. The van der Waals surface area contributed by atoms with Crippen LogP contribution in [0.1, 0.15) is 30.0 Å². The molecule has 1 aromatic carbocycles. The van der Waals surface area contributed by atoms with Gasteiger partial charge >= 0.3 is 0 Å². The molecule has 19 heavy (non-hydrogen) atoms. The third-order valence-corrected chi connectivity index (χ3v) is 3.89. The van der Waals surface area contributed by atoms with Gasteiger partial charge in [0.05, 0.1) is 5.69 Å². The van der Waals surface area contributed by atoms with E-state index < -0.39 is 0 Å². The molecule has 0 bridgehead atoms. The lowest BCUT2D eigenvalue weighted by atomic mass is 9.76. The van der Waals surface area contributed by atoms with E-state index in [4.69, 9.17) is 11.6 Å². The molecule has 0 atom stereocenters. The molecule has 0 saturated heterocycles. The molecular weight excluding hydrogens is 258 g/mol. The Labute approximate surface area is 118 Å². The molecule has 1 aromatic heterocycles. The van der Waals surface area contributed by atoms with E-state index in [-0.39, 0.29) is 0 Å². The maximum atomic E-state index is 6.02. The summed E-state index contributed by atoms with van der Waals surface area (Å²) < 4.78 is 0. The van der Waals surface area contributed by atoms with Crippen LogP contribution in [0.4, 0.5) is 0 Å². The van der Waals surface area contributed by atoms with Gasteiger partial charge in [-0.2, -0.15) is 10.2 Å². The third-order valence-electron chi connectivity index (χ3n) is 3.66. The average molecular weight is 274 g/mol. The van der Waals surface area contributed by atoms with Crippen molar-refractivity contribution in [3.63, 3.8) is 0 Å². The van der Waals surface area contributed by atoms with Gasteiger partial charge in [0.1, 0.15) is 0 Å². The molecule has 0 spiro atoms. The minimum atomic E-state index is 0.575. The summed E-state index contributed by atoms with van der Waals surface area (Å²) in [7, 11) is 0. The largest absolute Gasteiger partial charge is 0.308 e. The Morgan fingerprint density at radius 2 is 2.11 bits per heavy atom. The van der Waals surface area contributed by atoms with Gasteiger partial charge < -0.3 is 5.32 Å². The van der Waals surface area contributed by atoms with Gasteiger partial charge in [0.2, 0.25) is 0 Å². The predicted octanol–water partition coefficient (Wildman–Crippen LogP) is 3.17. The minimum absolute atomic E-state index is 0.575. The fourth-order valence-corrected chi connectivity index (χ4v) is 2.69. The minimum Gasteiger partial charge on any atom is -0.308 e. The molecule has 3 rings (SSSR count). The molecule has 3 nitrogen and oxygen atoms in total. The number of nitrogens with zero attached hydrogens (tertiary/aromatic N) is 2. The summed E-state index contributed by atoms with van der Waals surface area (Å²) in [6.45, 7) is 0.792. The second-order valence-electron chi connectivity index (χ2n) is 5.02. The normalized spacial score (nSPS) is 21.9. The van der Waals surface area contributed by atoms with Crippen molar-refractivity contribution in [2.75, 3.05) is 0 Å². The molecule has 98 valence electrons. The fourth-order valence-electron chi connectivity index (χ4n) is 2.49. The van der Waals surface area contributed by atoms with Crippen molar-refractivity contribution in [1.29, 1.82) is 0 Å². The lowest BCUT2D eigenvalue weighted by Gasteiger charge is -2.36. The molecule has 1 heterocycles. The molecule has 1 fully saturated rings. The van der Waals surface area contributed by atoms with Gasteiger partial charge in [0, 0.05) is 23.8 Å². The summed E-state index contributed by atoms with van der Waals surface area (Å²) in [4.78, 5) is 0. The number of nitrogens with one attached hydrogen (secondary N) is 1. The zero-order chi connectivity index (χ0) is 13.1. The highest BCUT2D eigenvalue weighted by Gasteiger charge is 2.29. The standard InChI is InChI=1S/C15H16ClN3/c16-13-4-1-3-11(7-13)12-8-15(9-12)17-10-14-5-2-6-18-19-14/h1-7,12,15,17H,8-10H2. The molecule has 1 N–H and O–H groups in total. The first kappa shape index (κ1) is 12.6. The van der Waals surface area contributed by atoms with Crippen molar-refractivity contribution in [2.24, 2.45) is 0 Å². The summed E-state index contributed by atoms with van der Waals surface area (Å²) in [5.74, 6) is 0.637. The van der Waals surface area contributed by atoms with Crippen molar-refractivity contribution in [2.45, 2.75) is 31.3 Å². The summed E-state index contributed by atoms with van der Waals surface area (Å²) in [5.41, 5.74) is 2.35. The second kappa shape index (κ2) is 5.68. The molecular formula is C15H16ClN3. The van der Waals surface area contributed by atoms with Crippen molar-refractivity contribution in [1.82, 2.24) is 15.5 Å². The first-order chi connectivity index (χ1) is 9.31. The van der Waals surface area contributed by atoms with Crippen LogP contribution in [0, 0.1) is 0 Å². The monoisotopic (exact) mass is 273 g/mol. The van der Waals surface area contributed by atoms with Crippen LogP contribution in [-0.4, -0.2) is 16.2 Å². The Kier molecular flexibility index (Phi) is 3.76. The number of benzene rings is 1. The van der Waals surface area contributed by atoms with Gasteiger partial charge in [-0.25, -0.2) is 0 Å². The predicted molar refractivity (Wildman–Crippen MR) is 76.1 cm³/mol. The second-order valence-corrected chi connectivity index (χ2v) is 5.45. The molecule has 0 aliphatic heterocycles. The highest BCUT2D eigenvalue weighted by atomic mass is 35.5. The first-order valence-electron chi connectivity index (χ1n) is 6.56. The van der Waals surface area contributed by atoms with Gasteiger partial charge in [-0.3, -0.25) is 0 Å². The van der Waals surface area contributed by atoms with Crippen LogP contribution in [0.2, 0.25) is 5.02 Å². The van der Waals surface area contributed by atoms with Gasteiger partial charge in [0.25, 0.3) is 0 Å². The highest BCUT2D eigenvalue weighted by molar-refractivity contribution is 6.30. The molecule has 0 radical (unpaired) electrons. The van der Waals surface area contributed by atoms with Crippen LogP contribution in [0.3, 0.4) is 0 Å². The van der Waals surface area contributed by atoms with E-state index in [0.29, 0.717) is 12.0 Å². The average Bonchev–Trinajstić information content (AvgIpc) is 2.38. The van der Waals surface area contributed by atoms with Crippen LogP contribution in [0.25, 0.3) is 0 Å². The Morgan fingerprint density at radius 1 is 1.21 bits per heavy atom. The number of halogens is 1. The zero-order valence-electron chi connectivity index (χ0n) is 10.6. The summed E-state index contributed by atoms with van der Waals surface area (Å²) in [6, 6.07) is 12.7. The Bertz CT molecular complexity index is 538. The van der Waals surface area contributed by atoms with Crippen molar-refractivity contribution in [3.05, 3.63) is 58.9 Å². The lowest BCUT2D eigenvalue weighted by Crippen LogP contribution is -2.39. The summed E-state index contributed by atoms with van der Waals surface area (Å²) >= 11 is 6.02. The summed E-state index contributed by atoms with van der Waals surface area (Å²) in [6.07, 6.45) is 4.03. The molecule has 1 saturated carbocycles. The van der Waals surface area contributed by atoms with Crippen LogP contribution in [-0.2, 0) is 6.54 Å². The number of hydrogen-bond acceptors (Lipinski definition) is 3. The van der Waals surface area contributed by atoms with Gasteiger partial charge in [0.15, 0.2) is 0 Å². The zero-order valence-corrected chi connectivity index (χ0v) is 11.3. The van der Waals surface area contributed by atoms with Gasteiger partial charge in [-0.05, 0) is 48.6 Å². The summed E-state index contributed by atoms with van der Waals surface area (Å²) in [5, 5.41) is 12.3. The van der Waals surface area contributed by atoms with Crippen LogP contribution >= 0.6 is 11.6 Å². The maximum Gasteiger partial charge on any atom is 0.0769 e. The number of aromatic nitrogens is 2. The van der Waals surface area contributed by atoms with E-state index >= 15 is 0 Å². The van der Waals surface area contributed by atoms with Crippen molar-refractivity contribution < 1.29 is 0 Å². The van der Waals surface area contributed by atoms with E-state index in [2.05, 4.69) is 27.6 Å². The Hall–Kier alpha value is -1.45. The molecule has 4 heteroatoms. The Balaban J connectivity index is 1.48. The molecule has 0 amide bonds.